The zero-order valence-electron chi connectivity index (χ0n) is 16.6. The summed E-state index contributed by atoms with van der Waals surface area (Å²) in [4.78, 5) is 4.83. The number of para-hydroxylation sites is 2. The summed E-state index contributed by atoms with van der Waals surface area (Å²) in [6, 6.07) is 17.0. The highest BCUT2D eigenvalue weighted by Gasteiger charge is 2.20. The van der Waals surface area contributed by atoms with Crippen molar-refractivity contribution in [3.63, 3.8) is 0 Å². The van der Waals surface area contributed by atoms with Crippen LogP contribution in [0.15, 0.2) is 60.7 Å². The second-order valence-electron chi connectivity index (χ2n) is 7.83. The SMILES string of the molecule is C=C(C)CN1CCN(CC(O)Cn2c3ccccc3c3ccccc32)CC1.Cl. The molecule has 2 aromatic carbocycles. The van der Waals surface area contributed by atoms with Crippen LogP contribution in [0.1, 0.15) is 6.92 Å². The fraction of sp³-hybridized carbons (Fsp3) is 0.391. The van der Waals surface area contributed by atoms with Gasteiger partial charge in [0.1, 0.15) is 0 Å². The zero-order valence-corrected chi connectivity index (χ0v) is 17.4. The van der Waals surface area contributed by atoms with Crippen molar-refractivity contribution in [3.05, 3.63) is 60.7 Å². The van der Waals surface area contributed by atoms with Crippen molar-refractivity contribution < 1.29 is 5.11 Å². The molecule has 1 N–H and O–H groups in total. The van der Waals surface area contributed by atoms with Gasteiger partial charge in [-0.2, -0.15) is 0 Å². The van der Waals surface area contributed by atoms with Crippen molar-refractivity contribution in [2.24, 2.45) is 0 Å². The summed E-state index contributed by atoms with van der Waals surface area (Å²) in [6.07, 6.45) is -0.378. The first-order valence-electron chi connectivity index (χ1n) is 9.85. The summed E-state index contributed by atoms with van der Waals surface area (Å²) >= 11 is 0. The molecule has 0 aliphatic carbocycles. The molecular weight excluding hydrogens is 370 g/mol. The molecule has 150 valence electrons. The van der Waals surface area contributed by atoms with Gasteiger partial charge in [-0.1, -0.05) is 48.6 Å². The number of nitrogens with zero attached hydrogens (tertiary/aromatic N) is 3. The maximum absolute atomic E-state index is 10.8. The number of aliphatic hydroxyl groups excluding tert-OH is 1. The lowest BCUT2D eigenvalue weighted by Crippen LogP contribution is -2.49. The van der Waals surface area contributed by atoms with Crippen LogP contribution in [0.3, 0.4) is 0 Å². The summed E-state index contributed by atoms with van der Waals surface area (Å²) < 4.78 is 2.27. The highest BCUT2D eigenvalue weighted by atomic mass is 35.5. The Balaban J connectivity index is 0.00000225. The Morgan fingerprint density at radius 2 is 1.39 bits per heavy atom. The predicted molar refractivity (Wildman–Crippen MR) is 120 cm³/mol. The van der Waals surface area contributed by atoms with E-state index in [9.17, 15) is 5.11 Å². The first-order chi connectivity index (χ1) is 13.1. The van der Waals surface area contributed by atoms with Gasteiger partial charge in [0.25, 0.3) is 0 Å². The minimum atomic E-state index is -0.378. The molecule has 0 bridgehead atoms. The molecule has 1 aliphatic rings. The van der Waals surface area contributed by atoms with E-state index in [-0.39, 0.29) is 18.5 Å². The summed E-state index contributed by atoms with van der Waals surface area (Å²) in [6.45, 7) is 12.6. The third-order valence-corrected chi connectivity index (χ3v) is 5.50. The van der Waals surface area contributed by atoms with Gasteiger partial charge in [0, 0.05) is 61.1 Å². The van der Waals surface area contributed by atoms with Crippen molar-refractivity contribution in [2.75, 3.05) is 39.3 Å². The van der Waals surface area contributed by atoms with E-state index in [0.29, 0.717) is 6.54 Å². The third kappa shape index (κ3) is 4.41. The summed E-state index contributed by atoms with van der Waals surface area (Å²) in [5.74, 6) is 0. The van der Waals surface area contributed by atoms with Crippen LogP contribution in [0.2, 0.25) is 0 Å². The van der Waals surface area contributed by atoms with Gasteiger partial charge in [0.05, 0.1) is 12.6 Å². The highest BCUT2D eigenvalue weighted by Crippen LogP contribution is 2.28. The Hall–Kier alpha value is -1.85. The molecule has 1 fully saturated rings. The lowest BCUT2D eigenvalue weighted by Gasteiger charge is -2.35. The highest BCUT2D eigenvalue weighted by molar-refractivity contribution is 6.07. The van der Waals surface area contributed by atoms with Gasteiger partial charge in [-0.25, -0.2) is 0 Å². The molecule has 1 saturated heterocycles. The molecule has 1 aromatic heterocycles. The van der Waals surface area contributed by atoms with Crippen LogP contribution in [0.4, 0.5) is 0 Å². The molecule has 5 heteroatoms. The molecular formula is C23H30ClN3O. The smallest absolute Gasteiger partial charge is 0.0845 e. The van der Waals surface area contributed by atoms with E-state index >= 15 is 0 Å². The molecule has 1 unspecified atom stereocenters. The number of aromatic nitrogens is 1. The van der Waals surface area contributed by atoms with Gasteiger partial charge in [-0.15, -0.1) is 12.4 Å². The third-order valence-electron chi connectivity index (χ3n) is 5.50. The van der Waals surface area contributed by atoms with Crippen LogP contribution in [0.25, 0.3) is 21.8 Å². The van der Waals surface area contributed by atoms with E-state index in [1.807, 2.05) is 0 Å². The molecule has 1 aliphatic heterocycles. The molecule has 0 spiro atoms. The Bertz CT molecular complexity index is 890. The van der Waals surface area contributed by atoms with Gasteiger partial charge in [0.15, 0.2) is 0 Å². The fourth-order valence-corrected chi connectivity index (χ4v) is 4.28. The van der Waals surface area contributed by atoms with E-state index < -0.39 is 0 Å². The molecule has 4 nitrogen and oxygen atoms in total. The predicted octanol–water partition coefficient (Wildman–Crippen LogP) is 3.77. The summed E-state index contributed by atoms with van der Waals surface area (Å²) in [5, 5.41) is 13.3. The number of aliphatic hydroxyl groups is 1. The second-order valence-corrected chi connectivity index (χ2v) is 7.83. The minimum Gasteiger partial charge on any atom is -0.390 e. The van der Waals surface area contributed by atoms with Crippen molar-refractivity contribution in [2.45, 2.75) is 19.6 Å². The van der Waals surface area contributed by atoms with Crippen LogP contribution in [0, 0.1) is 0 Å². The number of β-amino-alcohol motifs (C(OH)–C–C–N with tert-alkyl or cyclic N) is 1. The molecule has 28 heavy (non-hydrogen) atoms. The quantitative estimate of drug-likeness (QED) is 0.640. The van der Waals surface area contributed by atoms with Crippen molar-refractivity contribution in [1.29, 1.82) is 0 Å². The Labute approximate surface area is 173 Å². The summed E-state index contributed by atoms with van der Waals surface area (Å²) in [5.41, 5.74) is 3.61. The Morgan fingerprint density at radius 1 is 0.893 bits per heavy atom. The normalized spacial score (nSPS) is 16.9. The van der Waals surface area contributed by atoms with Crippen molar-refractivity contribution in [1.82, 2.24) is 14.4 Å². The number of fused-ring (bicyclic) bond motifs is 3. The molecule has 0 amide bonds. The molecule has 2 heterocycles. The fourth-order valence-electron chi connectivity index (χ4n) is 4.28. The first-order valence-corrected chi connectivity index (χ1v) is 9.85. The van der Waals surface area contributed by atoms with Crippen molar-refractivity contribution in [3.8, 4) is 0 Å². The average molecular weight is 400 g/mol. The van der Waals surface area contributed by atoms with E-state index in [0.717, 1.165) is 39.3 Å². The van der Waals surface area contributed by atoms with E-state index in [1.54, 1.807) is 0 Å². The van der Waals surface area contributed by atoms with Crippen LogP contribution in [-0.4, -0.2) is 64.8 Å². The number of piperazine rings is 1. The number of hydrogen-bond donors (Lipinski definition) is 1. The zero-order chi connectivity index (χ0) is 18.8. The van der Waals surface area contributed by atoms with E-state index in [4.69, 9.17) is 0 Å². The second kappa shape index (κ2) is 9.10. The average Bonchev–Trinajstić information content (AvgIpc) is 2.97. The monoisotopic (exact) mass is 399 g/mol. The largest absolute Gasteiger partial charge is 0.390 e. The first kappa shape index (κ1) is 20.9. The number of rotatable bonds is 6. The topological polar surface area (TPSA) is 31.6 Å². The van der Waals surface area contributed by atoms with Gasteiger partial charge in [-0.05, 0) is 19.1 Å². The van der Waals surface area contributed by atoms with Crippen LogP contribution < -0.4 is 0 Å². The van der Waals surface area contributed by atoms with Gasteiger partial charge in [0.2, 0.25) is 0 Å². The minimum absolute atomic E-state index is 0. The van der Waals surface area contributed by atoms with Gasteiger partial charge in [-0.3, -0.25) is 9.80 Å². The molecule has 3 aromatic rings. The lowest BCUT2D eigenvalue weighted by atomic mass is 10.2. The molecule has 1 atom stereocenters. The number of hydrogen-bond acceptors (Lipinski definition) is 3. The van der Waals surface area contributed by atoms with E-state index in [2.05, 4.69) is 76.4 Å². The summed E-state index contributed by atoms with van der Waals surface area (Å²) in [7, 11) is 0. The Kier molecular flexibility index (Phi) is 6.78. The van der Waals surface area contributed by atoms with Crippen LogP contribution in [0.5, 0.6) is 0 Å². The molecule has 0 radical (unpaired) electrons. The van der Waals surface area contributed by atoms with Crippen molar-refractivity contribution >= 4 is 34.2 Å². The Morgan fingerprint density at radius 3 is 1.93 bits per heavy atom. The van der Waals surface area contributed by atoms with Gasteiger partial charge < -0.3 is 9.67 Å². The number of benzene rings is 2. The molecule has 0 saturated carbocycles. The van der Waals surface area contributed by atoms with Crippen LogP contribution in [-0.2, 0) is 6.54 Å². The maximum Gasteiger partial charge on any atom is 0.0845 e. The number of halogens is 1. The standard InChI is InChI=1S/C23H29N3O.ClH/c1-18(2)15-24-11-13-25(14-12-24)16-19(27)17-26-22-9-5-3-7-20(22)21-8-4-6-10-23(21)26;/h3-10,19,27H,1,11-17H2,2H3;1H. The molecule has 4 rings (SSSR count). The van der Waals surface area contributed by atoms with E-state index in [1.165, 1.54) is 27.4 Å². The van der Waals surface area contributed by atoms with Crippen LogP contribution >= 0.6 is 12.4 Å². The van der Waals surface area contributed by atoms with Gasteiger partial charge >= 0.3 is 0 Å². The maximum atomic E-state index is 10.8. The lowest BCUT2D eigenvalue weighted by molar-refractivity contribution is 0.0681.